The van der Waals surface area contributed by atoms with Crippen LogP contribution >= 0.6 is 11.3 Å². The number of thiazole rings is 1. The summed E-state index contributed by atoms with van der Waals surface area (Å²) >= 11 is 1.32. The topological polar surface area (TPSA) is 121 Å². The van der Waals surface area contributed by atoms with E-state index in [4.69, 9.17) is 0 Å². The van der Waals surface area contributed by atoms with Gasteiger partial charge in [-0.25, -0.2) is 15.0 Å². The van der Waals surface area contributed by atoms with Gasteiger partial charge in [-0.15, -0.1) is 11.3 Å². The van der Waals surface area contributed by atoms with E-state index in [0.717, 1.165) is 36.7 Å². The Morgan fingerprint density at radius 1 is 1.26 bits per heavy atom. The van der Waals surface area contributed by atoms with Crippen LogP contribution in [0.5, 0.6) is 0 Å². The van der Waals surface area contributed by atoms with Gasteiger partial charge in [0.15, 0.2) is 5.13 Å². The molecule has 9 heteroatoms. The molecule has 1 aliphatic carbocycles. The van der Waals surface area contributed by atoms with Crippen LogP contribution in [0, 0.1) is 5.41 Å². The summed E-state index contributed by atoms with van der Waals surface area (Å²) in [7, 11) is 0. The van der Waals surface area contributed by atoms with Crippen molar-refractivity contribution in [3.8, 4) is 11.4 Å². The highest BCUT2D eigenvalue weighted by atomic mass is 32.1. The van der Waals surface area contributed by atoms with Crippen molar-refractivity contribution in [3.63, 3.8) is 0 Å². The molecule has 27 heavy (non-hydrogen) atoms. The summed E-state index contributed by atoms with van der Waals surface area (Å²) in [4.78, 5) is 39.7. The van der Waals surface area contributed by atoms with E-state index in [1.165, 1.54) is 17.7 Å². The third-order valence-electron chi connectivity index (χ3n) is 5.07. The third-order valence-corrected chi connectivity index (χ3v) is 5.83. The van der Waals surface area contributed by atoms with Gasteiger partial charge in [-0.2, -0.15) is 0 Å². The van der Waals surface area contributed by atoms with Crippen LogP contribution < -0.4 is 5.32 Å². The smallest absolute Gasteiger partial charge is 0.303 e. The predicted octanol–water partition coefficient (Wildman–Crippen LogP) is 3.45. The number of fused-ring (bicyclic) bond motifs is 1. The largest absolute Gasteiger partial charge is 0.481 e. The van der Waals surface area contributed by atoms with Crippen molar-refractivity contribution in [1.82, 2.24) is 19.9 Å². The summed E-state index contributed by atoms with van der Waals surface area (Å²) < 4.78 is 0. The van der Waals surface area contributed by atoms with Crippen LogP contribution in [0.4, 0.5) is 5.13 Å². The maximum atomic E-state index is 12.5. The third kappa shape index (κ3) is 3.68. The van der Waals surface area contributed by atoms with E-state index >= 15 is 0 Å². The van der Waals surface area contributed by atoms with Gasteiger partial charge in [0.25, 0.3) is 0 Å². The lowest BCUT2D eigenvalue weighted by molar-refractivity contribution is -0.140. The Morgan fingerprint density at radius 2 is 2.07 bits per heavy atom. The molecule has 0 unspecified atom stereocenters. The maximum Gasteiger partial charge on any atom is 0.303 e. The first-order valence-electron chi connectivity index (χ1n) is 8.80. The second-order valence-electron chi connectivity index (χ2n) is 7.00. The molecule has 4 rings (SSSR count). The lowest BCUT2D eigenvalue weighted by Gasteiger charge is -2.25. The minimum absolute atomic E-state index is 0.0376. The van der Waals surface area contributed by atoms with Gasteiger partial charge in [0, 0.05) is 23.4 Å². The van der Waals surface area contributed by atoms with Gasteiger partial charge in [0.05, 0.1) is 6.42 Å². The number of aromatic nitrogens is 4. The molecule has 0 atom stereocenters. The number of amides is 1. The Balaban J connectivity index is 1.48. The number of rotatable bonds is 6. The number of nitrogens with zero attached hydrogens (tertiary/aromatic N) is 3. The average molecular weight is 385 g/mol. The molecule has 0 saturated heterocycles. The quantitative estimate of drug-likeness (QED) is 0.598. The first-order valence-corrected chi connectivity index (χ1v) is 9.68. The number of carboxylic acid groups (broad SMARTS) is 1. The number of hydrogen-bond donors (Lipinski definition) is 3. The summed E-state index contributed by atoms with van der Waals surface area (Å²) in [5, 5.41) is 15.2. The minimum atomic E-state index is -0.847. The summed E-state index contributed by atoms with van der Waals surface area (Å²) in [6.07, 6.45) is 7.03. The molecule has 0 aliphatic heterocycles. The van der Waals surface area contributed by atoms with Crippen LogP contribution in [0.15, 0.2) is 24.0 Å². The molecule has 3 aromatic heterocycles. The Bertz CT molecular complexity index is 990. The van der Waals surface area contributed by atoms with Crippen LogP contribution in [0.25, 0.3) is 22.4 Å². The van der Waals surface area contributed by atoms with Crippen molar-refractivity contribution < 1.29 is 14.7 Å². The van der Waals surface area contributed by atoms with E-state index in [9.17, 15) is 14.7 Å². The number of carbonyl (C=O) groups excluding carboxylic acids is 1. The molecule has 3 heterocycles. The van der Waals surface area contributed by atoms with Gasteiger partial charge < -0.3 is 15.4 Å². The van der Waals surface area contributed by atoms with Crippen LogP contribution in [-0.2, 0) is 9.59 Å². The van der Waals surface area contributed by atoms with Gasteiger partial charge in [-0.3, -0.25) is 9.59 Å². The van der Waals surface area contributed by atoms with Gasteiger partial charge in [-0.05, 0) is 24.3 Å². The first kappa shape index (κ1) is 17.6. The van der Waals surface area contributed by atoms with Crippen LogP contribution in [-0.4, -0.2) is 36.9 Å². The van der Waals surface area contributed by atoms with Gasteiger partial charge in [-0.1, -0.05) is 12.8 Å². The summed E-state index contributed by atoms with van der Waals surface area (Å²) in [5.41, 5.74) is 1.68. The fraction of sp³-hybridized carbons (Fsp3) is 0.389. The number of H-pyrrole nitrogens is 1. The number of carbonyl (C=O) groups is 2. The molecule has 140 valence electrons. The standard InChI is InChI=1S/C18H19N5O3S/c24-13(7-18(8-14(25)26)4-1-2-5-18)23-17-22-12(9-27-17)15-11-3-6-19-16(11)21-10-20-15/h3,6,9-10H,1-2,4-5,7-8H2,(H,25,26)(H,19,20,21)(H,22,23,24). The van der Waals surface area contributed by atoms with E-state index in [-0.39, 0.29) is 18.7 Å². The number of aromatic amines is 1. The molecule has 0 aromatic carbocycles. The number of aliphatic carboxylic acids is 1. The number of carboxylic acids is 1. The highest BCUT2D eigenvalue weighted by Gasteiger charge is 2.38. The Labute approximate surface area is 159 Å². The zero-order chi connectivity index (χ0) is 18.9. The monoisotopic (exact) mass is 385 g/mol. The van der Waals surface area contributed by atoms with Gasteiger partial charge in [0.1, 0.15) is 23.4 Å². The van der Waals surface area contributed by atoms with Crippen molar-refractivity contribution in [1.29, 1.82) is 0 Å². The van der Waals surface area contributed by atoms with E-state index < -0.39 is 11.4 Å². The number of anilines is 1. The summed E-state index contributed by atoms with van der Waals surface area (Å²) in [6.45, 7) is 0. The van der Waals surface area contributed by atoms with Crippen molar-refractivity contribution in [2.45, 2.75) is 38.5 Å². The average Bonchev–Trinajstić information content (AvgIpc) is 3.34. The molecule has 1 fully saturated rings. The Morgan fingerprint density at radius 3 is 2.85 bits per heavy atom. The van der Waals surface area contributed by atoms with Crippen molar-refractivity contribution in [2.24, 2.45) is 5.41 Å². The lowest BCUT2D eigenvalue weighted by atomic mass is 9.79. The fourth-order valence-corrected chi connectivity index (χ4v) is 4.59. The second kappa shape index (κ2) is 7.07. The molecule has 1 saturated carbocycles. The van der Waals surface area contributed by atoms with Crippen LogP contribution in [0.1, 0.15) is 38.5 Å². The second-order valence-corrected chi connectivity index (χ2v) is 7.86. The molecule has 1 amide bonds. The SMILES string of the molecule is O=C(O)CC1(CC(=O)Nc2nc(-c3ncnc4[nH]ccc34)cs2)CCCC1. The molecule has 0 bridgehead atoms. The first-order chi connectivity index (χ1) is 13.0. The number of nitrogens with one attached hydrogen (secondary N) is 2. The molecule has 8 nitrogen and oxygen atoms in total. The lowest BCUT2D eigenvalue weighted by Crippen LogP contribution is -2.27. The van der Waals surface area contributed by atoms with E-state index in [1.54, 1.807) is 6.20 Å². The molecule has 0 spiro atoms. The molecular formula is C18H19N5O3S. The van der Waals surface area contributed by atoms with E-state index in [1.807, 2.05) is 11.4 Å². The van der Waals surface area contributed by atoms with Crippen LogP contribution in [0.3, 0.4) is 0 Å². The minimum Gasteiger partial charge on any atom is -0.481 e. The fourth-order valence-electron chi connectivity index (χ4n) is 3.88. The van der Waals surface area contributed by atoms with Crippen molar-refractivity contribution in [2.75, 3.05) is 5.32 Å². The van der Waals surface area contributed by atoms with Crippen molar-refractivity contribution >= 4 is 39.4 Å². The van der Waals surface area contributed by atoms with Gasteiger partial charge >= 0.3 is 5.97 Å². The summed E-state index contributed by atoms with van der Waals surface area (Å²) in [6, 6.07) is 1.89. The molecule has 1 aliphatic rings. The zero-order valence-corrected chi connectivity index (χ0v) is 15.4. The maximum absolute atomic E-state index is 12.5. The molecule has 3 aromatic rings. The molecule has 0 radical (unpaired) electrons. The van der Waals surface area contributed by atoms with Gasteiger partial charge in [0.2, 0.25) is 5.91 Å². The van der Waals surface area contributed by atoms with E-state index in [0.29, 0.717) is 16.5 Å². The molecular weight excluding hydrogens is 366 g/mol. The highest BCUT2D eigenvalue weighted by Crippen LogP contribution is 2.44. The van der Waals surface area contributed by atoms with E-state index in [2.05, 4.69) is 25.3 Å². The normalized spacial score (nSPS) is 15.9. The zero-order valence-electron chi connectivity index (χ0n) is 14.6. The predicted molar refractivity (Wildman–Crippen MR) is 101 cm³/mol. The highest BCUT2D eigenvalue weighted by molar-refractivity contribution is 7.14. The van der Waals surface area contributed by atoms with Crippen molar-refractivity contribution in [3.05, 3.63) is 24.0 Å². The number of hydrogen-bond acceptors (Lipinski definition) is 6. The Kier molecular flexibility index (Phi) is 4.61. The Hall–Kier alpha value is -2.81. The molecule has 3 N–H and O–H groups in total. The summed E-state index contributed by atoms with van der Waals surface area (Å²) in [5.74, 6) is -1.03. The van der Waals surface area contributed by atoms with Crippen LogP contribution in [0.2, 0.25) is 0 Å².